The molecule has 0 fully saturated rings. The van der Waals surface area contributed by atoms with Crippen molar-refractivity contribution >= 4 is 16.4 Å². The van der Waals surface area contributed by atoms with Gasteiger partial charge in [0.2, 0.25) is 0 Å². The predicted molar refractivity (Wildman–Crippen MR) is 85.3 cm³/mol. The van der Waals surface area contributed by atoms with Crippen molar-refractivity contribution in [3.05, 3.63) is 76.3 Å². The van der Waals surface area contributed by atoms with E-state index in [1.807, 2.05) is 0 Å². The highest BCUT2D eigenvalue weighted by molar-refractivity contribution is 5.92. The van der Waals surface area contributed by atoms with Crippen molar-refractivity contribution in [1.82, 2.24) is 19.4 Å². The van der Waals surface area contributed by atoms with Crippen molar-refractivity contribution in [3.63, 3.8) is 0 Å². The molecule has 4 aromatic rings. The maximum Gasteiger partial charge on any atom is 0.416 e. The lowest BCUT2D eigenvalue weighted by atomic mass is 10.1. The standard InChI is InChI=1S/C17H11F3N4O/c18-17(19,20)12-7-5-11(6-8-12)9-23-16(25)14-4-2-1-3-13(14)15-22-21-10-24(15)23/h1-8,10H,9H2. The summed E-state index contributed by atoms with van der Waals surface area (Å²) in [7, 11) is 0. The van der Waals surface area contributed by atoms with E-state index in [2.05, 4.69) is 10.2 Å². The number of hydrogen-bond donors (Lipinski definition) is 0. The molecule has 0 aliphatic carbocycles. The van der Waals surface area contributed by atoms with E-state index in [1.165, 1.54) is 27.7 Å². The molecule has 0 radical (unpaired) electrons. The second-order valence-corrected chi connectivity index (χ2v) is 5.60. The molecular formula is C17H11F3N4O. The van der Waals surface area contributed by atoms with Crippen LogP contribution in [-0.4, -0.2) is 19.4 Å². The minimum Gasteiger partial charge on any atom is -0.267 e. The number of hydrogen-bond acceptors (Lipinski definition) is 3. The maximum absolute atomic E-state index is 12.8. The smallest absolute Gasteiger partial charge is 0.267 e. The second-order valence-electron chi connectivity index (χ2n) is 5.60. The van der Waals surface area contributed by atoms with Gasteiger partial charge in [-0.15, -0.1) is 10.2 Å². The zero-order chi connectivity index (χ0) is 17.6. The van der Waals surface area contributed by atoms with Gasteiger partial charge in [0.05, 0.1) is 17.5 Å². The first-order valence-electron chi connectivity index (χ1n) is 7.43. The van der Waals surface area contributed by atoms with Gasteiger partial charge in [-0.1, -0.05) is 30.3 Å². The lowest BCUT2D eigenvalue weighted by molar-refractivity contribution is -0.137. The molecule has 8 heteroatoms. The molecule has 0 amide bonds. The van der Waals surface area contributed by atoms with Crippen LogP contribution in [0.4, 0.5) is 13.2 Å². The molecule has 0 aliphatic rings. The quantitative estimate of drug-likeness (QED) is 0.561. The average Bonchev–Trinajstić information content (AvgIpc) is 3.08. The number of rotatable bonds is 2. The molecule has 0 saturated heterocycles. The van der Waals surface area contributed by atoms with E-state index in [0.29, 0.717) is 22.0 Å². The van der Waals surface area contributed by atoms with Crippen molar-refractivity contribution in [2.24, 2.45) is 0 Å². The molecule has 2 heterocycles. The van der Waals surface area contributed by atoms with Gasteiger partial charge in [-0.25, -0.2) is 9.20 Å². The number of benzene rings is 2. The van der Waals surface area contributed by atoms with Gasteiger partial charge in [0.25, 0.3) is 5.56 Å². The molecule has 0 N–H and O–H groups in total. The Bertz CT molecular complexity index is 1130. The maximum atomic E-state index is 12.8. The first-order chi connectivity index (χ1) is 11.9. The summed E-state index contributed by atoms with van der Waals surface area (Å²) in [6.07, 6.45) is -2.98. The molecule has 2 aromatic heterocycles. The van der Waals surface area contributed by atoms with E-state index in [-0.39, 0.29) is 12.1 Å². The predicted octanol–water partition coefficient (Wildman–Crippen LogP) is 3.11. The fourth-order valence-corrected chi connectivity index (χ4v) is 2.81. The number of nitrogens with zero attached hydrogens (tertiary/aromatic N) is 4. The van der Waals surface area contributed by atoms with Crippen molar-refractivity contribution in [1.29, 1.82) is 0 Å². The number of alkyl halides is 3. The van der Waals surface area contributed by atoms with E-state index >= 15 is 0 Å². The van der Waals surface area contributed by atoms with Crippen molar-refractivity contribution in [3.8, 4) is 0 Å². The van der Waals surface area contributed by atoms with Gasteiger partial charge >= 0.3 is 6.18 Å². The topological polar surface area (TPSA) is 52.2 Å². The summed E-state index contributed by atoms with van der Waals surface area (Å²) in [5.41, 5.74) is 0.0989. The molecule has 0 bridgehead atoms. The third-order valence-corrected chi connectivity index (χ3v) is 4.04. The van der Waals surface area contributed by atoms with E-state index in [0.717, 1.165) is 12.1 Å². The molecule has 4 rings (SSSR count). The highest BCUT2D eigenvalue weighted by atomic mass is 19.4. The van der Waals surface area contributed by atoms with Gasteiger partial charge in [0.1, 0.15) is 6.33 Å². The summed E-state index contributed by atoms with van der Waals surface area (Å²) in [5, 5.41) is 9.04. The van der Waals surface area contributed by atoms with Gasteiger partial charge in [0, 0.05) is 5.39 Å². The third kappa shape index (κ3) is 2.55. The molecular weight excluding hydrogens is 333 g/mol. The van der Waals surface area contributed by atoms with E-state index < -0.39 is 11.7 Å². The van der Waals surface area contributed by atoms with Crippen LogP contribution >= 0.6 is 0 Å². The van der Waals surface area contributed by atoms with Crippen molar-refractivity contribution in [2.75, 3.05) is 0 Å². The summed E-state index contributed by atoms with van der Waals surface area (Å²) in [6.45, 7) is 0.107. The Morgan fingerprint density at radius 2 is 1.64 bits per heavy atom. The van der Waals surface area contributed by atoms with Crippen LogP contribution in [0.5, 0.6) is 0 Å². The van der Waals surface area contributed by atoms with E-state index in [4.69, 9.17) is 0 Å². The number of fused-ring (bicyclic) bond motifs is 3. The Morgan fingerprint density at radius 1 is 0.960 bits per heavy atom. The summed E-state index contributed by atoms with van der Waals surface area (Å²) in [5.74, 6) is 0. The molecule has 0 saturated carbocycles. The first-order valence-corrected chi connectivity index (χ1v) is 7.43. The summed E-state index contributed by atoms with van der Waals surface area (Å²) in [4.78, 5) is 12.8. The molecule has 0 spiro atoms. The van der Waals surface area contributed by atoms with Gasteiger partial charge in [0.15, 0.2) is 5.65 Å². The summed E-state index contributed by atoms with van der Waals surface area (Å²) >= 11 is 0. The Morgan fingerprint density at radius 3 is 2.32 bits per heavy atom. The molecule has 2 aromatic carbocycles. The Hall–Kier alpha value is -3.16. The SMILES string of the molecule is O=c1c2ccccc2c2nncn2n1Cc1ccc(C(F)(F)F)cc1. The average molecular weight is 344 g/mol. The monoisotopic (exact) mass is 344 g/mol. The summed E-state index contributed by atoms with van der Waals surface area (Å²) in [6, 6.07) is 11.8. The lowest BCUT2D eigenvalue weighted by Gasteiger charge is -2.12. The normalized spacial score (nSPS) is 12.1. The fraction of sp³-hybridized carbons (Fsp3) is 0.118. The first kappa shape index (κ1) is 15.4. The van der Waals surface area contributed by atoms with Gasteiger partial charge in [-0.2, -0.15) is 13.2 Å². The fourth-order valence-electron chi connectivity index (χ4n) is 2.81. The molecule has 0 unspecified atom stereocenters. The number of aromatic nitrogens is 4. The van der Waals surface area contributed by atoms with E-state index in [9.17, 15) is 18.0 Å². The van der Waals surface area contributed by atoms with Crippen LogP contribution < -0.4 is 5.56 Å². The minimum atomic E-state index is -4.39. The van der Waals surface area contributed by atoms with Crippen molar-refractivity contribution in [2.45, 2.75) is 12.7 Å². The zero-order valence-electron chi connectivity index (χ0n) is 12.7. The zero-order valence-corrected chi connectivity index (χ0v) is 12.7. The van der Waals surface area contributed by atoms with Crippen molar-refractivity contribution < 1.29 is 13.2 Å². The Balaban J connectivity index is 1.85. The van der Waals surface area contributed by atoms with Crippen LogP contribution in [0.25, 0.3) is 16.4 Å². The molecule has 5 nitrogen and oxygen atoms in total. The number of halogens is 3. The van der Waals surface area contributed by atoms with Crippen LogP contribution in [0.2, 0.25) is 0 Å². The van der Waals surface area contributed by atoms with Crippen LogP contribution in [-0.2, 0) is 12.7 Å². The highest BCUT2D eigenvalue weighted by Crippen LogP contribution is 2.29. The second kappa shape index (κ2) is 5.44. The van der Waals surface area contributed by atoms with Crippen LogP contribution in [0, 0.1) is 0 Å². The van der Waals surface area contributed by atoms with Gasteiger partial charge < -0.3 is 0 Å². The highest BCUT2D eigenvalue weighted by Gasteiger charge is 2.29. The lowest BCUT2D eigenvalue weighted by Crippen LogP contribution is -2.26. The molecule has 25 heavy (non-hydrogen) atoms. The largest absolute Gasteiger partial charge is 0.416 e. The van der Waals surface area contributed by atoms with Crippen LogP contribution in [0.3, 0.4) is 0 Å². The van der Waals surface area contributed by atoms with Gasteiger partial charge in [-0.3, -0.25) is 4.79 Å². The van der Waals surface area contributed by atoms with Crippen LogP contribution in [0.1, 0.15) is 11.1 Å². The minimum absolute atomic E-state index is 0.107. The third-order valence-electron chi connectivity index (χ3n) is 4.04. The molecule has 0 atom stereocenters. The molecule has 0 aliphatic heterocycles. The Kier molecular flexibility index (Phi) is 3.34. The molecule has 126 valence electrons. The van der Waals surface area contributed by atoms with Gasteiger partial charge in [-0.05, 0) is 23.8 Å². The van der Waals surface area contributed by atoms with E-state index in [1.54, 1.807) is 24.3 Å². The van der Waals surface area contributed by atoms with Crippen LogP contribution in [0.15, 0.2) is 59.7 Å². The Labute approximate surface area is 138 Å². The summed E-state index contributed by atoms with van der Waals surface area (Å²) < 4.78 is 40.9.